The van der Waals surface area contributed by atoms with Gasteiger partial charge in [-0.05, 0) is 19.9 Å². The zero-order chi connectivity index (χ0) is 10.8. The molecule has 0 amide bonds. The van der Waals surface area contributed by atoms with E-state index in [0.29, 0.717) is 12.8 Å². The summed E-state index contributed by atoms with van der Waals surface area (Å²) in [5.41, 5.74) is 0. The largest absolute Gasteiger partial charge is 0.469 e. The van der Waals surface area contributed by atoms with E-state index in [1.807, 2.05) is 0 Å². The third-order valence-corrected chi connectivity index (χ3v) is 4.57. The molecule has 1 saturated carbocycles. The van der Waals surface area contributed by atoms with Crippen molar-refractivity contribution >= 4 is 16.0 Å². The molecule has 0 aromatic heterocycles. The number of carbonyl (C=O) groups excluding carboxylic acids is 1. The maximum absolute atomic E-state index is 11.5. The molecular weight excluding hydrogens is 206 g/mol. The number of methoxy groups -OCH3 is 1. The molecule has 6 heteroatoms. The zero-order valence-corrected chi connectivity index (χ0v) is 9.13. The van der Waals surface area contributed by atoms with E-state index in [4.69, 9.17) is 0 Å². The first-order valence-corrected chi connectivity index (χ1v) is 6.07. The number of hydrogen-bond donors (Lipinski definition) is 1. The Morgan fingerprint density at radius 2 is 2.07 bits per heavy atom. The predicted octanol–water partition coefficient (Wildman–Crippen LogP) is -0.123. The topological polar surface area (TPSA) is 72.5 Å². The number of hydrogen-bond acceptors (Lipinski definition) is 4. The molecule has 14 heavy (non-hydrogen) atoms. The highest BCUT2D eigenvalue weighted by molar-refractivity contribution is 7.90. The number of carbonyl (C=O) groups is 1. The van der Waals surface area contributed by atoms with Crippen LogP contribution in [-0.2, 0) is 19.6 Å². The van der Waals surface area contributed by atoms with Gasteiger partial charge in [-0.25, -0.2) is 13.1 Å². The molecule has 2 atom stereocenters. The van der Waals surface area contributed by atoms with E-state index < -0.39 is 27.2 Å². The smallest absolute Gasteiger partial charge is 0.310 e. The van der Waals surface area contributed by atoms with Crippen LogP contribution in [0.4, 0.5) is 0 Å². The van der Waals surface area contributed by atoms with Crippen molar-refractivity contribution in [2.75, 3.05) is 14.2 Å². The number of esters is 1. The molecule has 1 N–H and O–H groups in total. The molecule has 0 heterocycles. The van der Waals surface area contributed by atoms with Gasteiger partial charge in [0, 0.05) is 0 Å². The monoisotopic (exact) mass is 221 g/mol. The van der Waals surface area contributed by atoms with Crippen LogP contribution in [0.1, 0.15) is 19.3 Å². The number of rotatable bonds is 3. The van der Waals surface area contributed by atoms with Crippen molar-refractivity contribution in [3.63, 3.8) is 0 Å². The molecular formula is C8H15NO4S. The summed E-state index contributed by atoms with van der Waals surface area (Å²) in [6, 6.07) is 0. The Balaban J connectivity index is 2.84. The summed E-state index contributed by atoms with van der Waals surface area (Å²) in [5, 5.41) is -0.625. The van der Waals surface area contributed by atoms with E-state index >= 15 is 0 Å². The molecule has 0 spiro atoms. The quantitative estimate of drug-likeness (QED) is 0.674. The zero-order valence-electron chi connectivity index (χ0n) is 8.32. The van der Waals surface area contributed by atoms with Crippen molar-refractivity contribution in [3.8, 4) is 0 Å². The predicted molar refractivity (Wildman–Crippen MR) is 51.1 cm³/mol. The molecule has 0 radical (unpaired) electrons. The van der Waals surface area contributed by atoms with E-state index in [9.17, 15) is 13.2 Å². The van der Waals surface area contributed by atoms with E-state index in [2.05, 4.69) is 9.46 Å². The SMILES string of the molecule is CNS(=O)(=O)C1CCCC1C(=O)OC. The van der Waals surface area contributed by atoms with Crippen LogP contribution in [0.3, 0.4) is 0 Å². The summed E-state index contributed by atoms with van der Waals surface area (Å²) in [6.45, 7) is 0. The highest BCUT2D eigenvalue weighted by Gasteiger charge is 2.41. The lowest BCUT2D eigenvalue weighted by Crippen LogP contribution is -2.37. The van der Waals surface area contributed by atoms with Gasteiger partial charge in [-0.3, -0.25) is 4.79 Å². The van der Waals surface area contributed by atoms with Crippen LogP contribution in [0.2, 0.25) is 0 Å². The molecule has 0 aliphatic heterocycles. The number of sulfonamides is 1. The van der Waals surface area contributed by atoms with Gasteiger partial charge in [-0.2, -0.15) is 0 Å². The van der Waals surface area contributed by atoms with Crippen molar-refractivity contribution in [1.29, 1.82) is 0 Å². The van der Waals surface area contributed by atoms with Crippen LogP contribution < -0.4 is 4.72 Å². The van der Waals surface area contributed by atoms with Gasteiger partial charge in [0.15, 0.2) is 0 Å². The first-order valence-electron chi connectivity index (χ1n) is 4.53. The van der Waals surface area contributed by atoms with Crippen LogP contribution in [0.25, 0.3) is 0 Å². The Morgan fingerprint density at radius 1 is 1.43 bits per heavy atom. The second-order valence-corrected chi connectivity index (χ2v) is 5.45. The molecule has 0 aromatic rings. The Labute approximate surface area is 83.9 Å². The van der Waals surface area contributed by atoms with E-state index in [0.717, 1.165) is 6.42 Å². The van der Waals surface area contributed by atoms with Gasteiger partial charge < -0.3 is 4.74 Å². The van der Waals surface area contributed by atoms with Crippen LogP contribution in [0, 0.1) is 5.92 Å². The molecule has 1 fully saturated rings. The number of nitrogens with one attached hydrogen (secondary N) is 1. The second kappa shape index (κ2) is 4.27. The standard InChI is InChI=1S/C8H15NO4S/c1-9-14(11,12)7-5-3-4-6(7)8(10)13-2/h6-7,9H,3-5H2,1-2H3. The summed E-state index contributed by atoms with van der Waals surface area (Å²) >= 11 is 0. The summed E-state index contributed by atoms with van der Waals surface area (Å²) in [7, 11) is -0.708. The maximum Gasteiger partial charge on any atom is 0.310 e. The van der Waals surface area contributed by atoms with Crippen LogP contribution in [0.5, 0.6) is 0 Å². The molecule has 82 valence electrons. The first-order chi connectivity index (χ1) is 6.53. The first kappa shape index (κ1) is 11.5. The van der Waals surface area contributed by atoms with E-state index in [1.54, 1.807) is 0 Å². The molecule has 0 bridgehead atoms. The summed E-state index contributed by atoms with van der Waals surface area (Å²) in [4.78, 5) is 11.3. The summed E-state index contributed by atoms with van der Waals surface area (Å²) < 4.78 is 29.9. The van der Waals surface area contributed by atoms with Crippen LogP contribution in [0.15, 0.2) is 0 Å². The molecule has 1 aliphatic carbocycles. The highest BCUT2D eigenvalue weighted by Crippen LogP contribution is 2.31. The minimum Gasteiger partial charge on any atom is -0.469 e. The summed E-state index contributed by atoms with van der Waals surface area (Å²) in [5.74, 6) is -0.927. The lowest BCUT2D eigenvalue weighted by molar-refractivity contribution is -0.145. The fraction of sp³-hybridized carbons (Fsp3) is 0.875. The lowest BCUT2D eigenvalue weighted by Gasteiger charge is -2.16. The normalized spacial score (nSPS) is 27.6. The Kier molecular flexibility index (Phi) is 3.49. The average molecular weight is 221 g/mol. The van der Waals surface area contributed by atoms with Crippen molar-refractivity contribution in [2.24, 2.45) is 5.92 Å². The van der Waals surface area contributed by atoms with Gasteiger partial charge >= 0.3 is 5.97 Å². The third-order valence-electron chi connectivity index (χ3n) is 2.64. The lowest BCUT2D eigenvalue weighted by atomic mass is 10.1. The van der Waals surface area contributed by atoms with E-state index in [1.165, 1.54) is 14.2 Å². The average Bonchev–Trinajstić information content (AvgIpc) is 2.65. The van der Waals surface area contributed by atoms with Gasteiger partial charge in [0.1, 0.15) is 0 Å². The van der Waals surface area contributed by atoms with Crippen LogP contribution in [-0.4, -0.2) is 33.8 Å². The molecule has 2 unspecified atom stereocenters. The fourth-order valence-electron chi connectivity index (χ4n) is 1.87. The van der Waals surface area contributed by atoms with Crippen molar-refractivity contribution < 1.29 is 17.9 Å². The molecule has 1 aliphatic rings. The highest BCUT2D eigenvalue weighted by atomic mass is 32.2. The summed E-state index contributed by atoms with van der Waals surface area (Å²) in [6.07, 6.45) is 1.88. The van der Waals surface area contributed by atoms with E-state index in [-0.39, 0.29) is 0 Å². The minimum atomic E-state index is -3.35. The Morgan fingerprint density at radius 3 is 2.57 bits per heavy atom. The van der Waals surface area contributed by atoms with Crippen molar-refractivity contribution in [2.45, 2.75) is 24.5 Å². The molecule has 0 aromatic carbocycles. The minimum absolute atomic E-state index is 0.425. The Hall–Kier alpha value is -0.620. The van der Waals surface area contributed by atoms with Gasteiger partial charge in [0.05, 0.1) is 18.3 Å². The Bertz CT molecular complexity index is 311. The molecule has 0 saturated heterocycles. The molecule has 5 nitrogen and oxygen atoms in total. The second-order valence-electron chi connectivity index (χ2n) is 3.35. The van der Waals surface area contributed by atoms with Gasteiger partial charge in [-0.1, -0.05) is 6.42 Å². The van der Waals surface area contributed by atoms with Gasteiger partial charge in [0.2, 0.25) is 10.0 Å². The van der Waals surface area contributed by atoms with Crippen LogP contribution >= 0.6 is 0 Å². The number of ether oxygens (including phenoxy) is 1. The third kappa shape index (κ3) is 2.06. The maximum atomic E-state index is 11.5. The molecule has 1 rings (SSSR count). The fourth-order valence-corrected chi connectivity index (χ4v) is 3.33. The van der Waals surface area contributed by atoms with Gasteiger partial charge in [-0.15, -0.1) is 0 Å². The van der Waals surface area contributed by atoms with Crippen molar-refractivity contribution in [1.82, 2.24) is 4.72 Å². The van der Waals surface area contributed by atoms with Crippen molar-refractivity contribution in [3.05, 3.63) is 0 Å². The van der Waals surface area contributed by atoms with Gasteiger partial charge in [0.25, 0.3) is 0 Å².